The van der Waals surface area contributed by atoms with Crippen LogP contribution in [0, 0.1) is 0 Å². The summed E-state index contributed by atoms with van der Waals surface area (Å²) in [6.07, 6.45) is 5.00. The van der Waals surface area contributed by atoms with Crippen LogP contribution in [-0.4, -0.2) is 18.3 Å². The fourth-order valence-electron chi connectivity index (χ4n) is 1.20. The third kappa shape index (κ3) is 6.70. The first-order valence-corrected chi connectivity index (χ1v) is 5.32. The molecular formula is C9H21NS. The molecule has 0 radical (unpaired) electrons. The summed E-state index contributed by atoms with van der Waals surface area (Å²) in [4.78, 5) is 0. The van der Waals surface area contributed by atoms with Crippen LogP contribution in [0.5, 0.6) is 0 Å². The molecular weight excluding hydrogens is 154 g/mol. The molecule has 68 valence electrons. The Bertz CT molecular complexity index is 70.0. The molecule has 0 heterocycles. The molecule has 0 bridgehead atoms. The van der Waals surface area contributed by atoms with Gasteiger partial charge in [-0.15, -0.1) is 0 Å². The number of hydrogen-bond acceptors (Lipinski definition) is 2. The minimum Gasteiger partial charge on any atom is -0.314 e. The number of rotatable bonds is 7. The van der Waals surface area contributed by atoms with E-state index in [0.29, 0.717) is 6.04 Å². The Morgan fingerprint density at radius 1 is 1.18 bits per heavy atom. The lowest BCUT2D eigenvalue weighted by Crippen LogP contribution is -2.29. The summed E-state index contributed by atoms with van der Waals surface area (Å²) in [5.74, 6) is 1.00. The summed E-state index contributed by atoms with van der Waals surface area (Å²) in [6.45, 7) is 5.59. The fourth-order valence-corrected chi connectivity index (χ4v) is 1.51. The predicted octanol–water partition coefficient (Wildman–Crippen LogP) is 2.47. The first-order chi connectivity index (χ1) is 5.35. The Morgan fingerprint density at radius 3 is 2.36 bits per heavy atom. The van der Waals surface area contributed by atoms with Gasteiger partial charge < -0.3 is 5.32 Å². The van der Waals surface area contributed by atoms with Gasteiger partial charge in [-0.05, 0) is 31.6 Å². The van der Waals surface area contributed by atoms with E-state index in [4.69, 9.17) is 0 Å². The van der Waals surface area contributed by atoms with E-state index >= 15 is 0 Å². The van der Waals surface area contributed by atoms with Gasteiger partial charge in [0.2, 0.25) is 0 Å². The van der Waals surface area contributed by atoms with Crippen LogP contribution in [0.15, 0.2) is 0 Å². The van der Waals surface area contributed by atoms with E-state index in [0.717, 1.165) is 12.3 Å². The van der Waals surface area contributed by atoms with Gasteiger partial charge in [0, 0.05) is 6.04 Å². The van der Waals surface area contributed by atoms with Crippen LogP contribution in [0.4, 0.5) is 0 Å². The maximum absolute atomic E-state index is 4.23. The van der Waals surface area contributed by atoms with E-state index in [1.807, 2.05) is 0 Å². The van der Waals surface area contributed by atoms with E-state index in [1.165, 1.54) is 25.7 Å². The van der Waals surface area contributed by atoms with Crippen molar-refractivity contribution in [2.24, 2.45) is 0 Å². The molecule has 0 aromatic carbocycles. The van der Waals surface area contributed by atoms with Crippen molar-refractivity contribution in [2.45, 2.75) is 45.6 Å². The SMILES string of the molecule is CCCNC(CCC)CCS. The Labute approximate surface area is 76.4 Å². The van der Waals surface area contributed by atoms with E-state index in [1.54, 1.807) is 0 Å². The average molecular weight is 175 g/mol. The number of thiol groups is 1. The van der Waals surface area contributed by atoms with Crippen molar-refractivity contribution in [2.75, 3.05) is 12.3 Å². The quantitative estimate of drug-likeness (QED) is 0.566. The molecule has 11 heavy (non-hydrogen) atoms. The van der Waals surface area contributed by atoms with Crippen LogP contribution in [-0.2, 0) is 0 Å². The van der Waals surface area contributed by atoms with Crippen molar-refractivity contribution in [3.05, 3.63) is 0 Å². The Balaban J connectivity index is 3.34. The molecule has 1 N–H and O–H groups in total. The van der Waals surface area contributed by atoms with Crippen molar-refractivity contribution < 1.29 is 0 Å². The molecule has 1 atom stereocenters. The molecule has 0 rings (SSSR count). The van der Waals surface area contributed by atoms with Gasteiger partial charge >= 0.3 is 0 Å². The fraction of sp³-hybridized carbons (Fsp3) is 1.00. The predicted molar refractivity (Wildman–Crippen MR) is 55.5 cm³/mol. The highest BCUT2D eigenvalue weighted by Gasteiger charge is 2.03. The normalized spacial score (nSPS) is 13.4. The molecule has 0 saturated carbocycles. The Hall–Kier alpha value is 0.310. The van der Waals surface area contributed by atoms with Crippen molar-refractivity contribution in [1.29, 1.82) is 0 Å². The lowest BCUT2D eigenvalue weighted by molar-refractivity contribution is 0.467. The molecule has 0 aliphatic carbocycles. The van der Waals surface area contributed by atoms with Crippen LogP contribution in [0.3, 0.4) is 0 Å². The summed E-state index contributed by atoms with van der Waals surface area (Å²) in [5.41, 5.74) is 0. The van der Waals surface area contributed by atoms with Crippen LogP contribution in [0.2, 0.25) is 0 Å². The standard InChI is InChI=1S/C9H21NS/c1-3-5-9(6-8-11)10-7-4-2/h9-11H,3-8H2,1-2H3. The zero-order chi connectivity index (χ0) is 8.53. The van der Waals surface area contributed by atoms with E-state index in [9.17, 15) is 0 Å². The van der Waals surface area contributed by atoms with Gasteiger partial charge in [0.1, 0.15) is 0 Å². The molecule has 1 unspecified atom stereocenters. The van der Waals surface area contributed by atoms with E-state index < -0.39 is 0 Å². The molecule has 1 nitrogen and oxygen atoms in total. The highest BCUT2D eigenvalue weighted by molar-refractivity contribution is 7.80. The summed E-state index contributed by atoms with van der Waals surface area (Å²) in [5, 5.41) is 3.52. The minimum absolute atomic E-state index is 0.706. The zero-order valence-corrected chi connectivity index (χ0v) is 8.66. The van der Waals surface area contributed by atoms with Gasteiger partial charge in [-0.2, -0.15) is 12.6 Å². The Morgan fingerprint density at radius 2 is 1.91 bits per heavy atom. The van der Waals surface area contributed by atoms with Crippen LogP contribution >= 0.6 is 12.6 Å². The van der Waals surface area contributed by atoms with Crippen LogP contribution in [0.1, 0.15) is 39.5 Å². The molecule has 0 aliphatic heterocycles. The smallest absolute Gasteiger partial charge is 0.00747 e. The van der Waals surface area contributed by atoms with Gasteiger partial charge in [-0.1, -0.05) is 20.3 Å². The van der Waals surface area contributed by atoms with E-state index in [-0.39, 0.29) is 0 Å². The highest BCUT2D eigenvalue weighted by atomic mass is 32.1. The molecule has 0 saturated heterocycles. The third-order valence-electron chi connectivity index (χ3n) is 1.80. The van der Waals surface area contributed by atoms with Crippen LogP contribution in [0.25, 0.3) is 0 Å². The van der Waals surface area contributed by atoms with Gasteiger partial charge in [0.25, 0.3) is 0 Å². The second kappa shape index (κ2) is 8.41. The van der Waals surface area contributed by atoms with Crippen molar-refractivity contribution in [3.63, 3.8) is 0 Å². The lowest BCUT2D eigenvalue weighted by atomic mass is 10.1. The lowest BCUT2D eigenvalue weighted by Gasteiger charge is -2.15. The molecule has 0 aromatic rings. The van der Waals surface area contributed by atoms with Gasteiger partial charge in [0.05, 0.1) is 0 Å². The topological polar surface area (TPSA) is 12.0 Å². The maximum atomic E-state index is 4.23. The summed E-state index contributed by atoms with van der Waals surface area (Å²) in [6, 6.07) is 0.706. The first-order valence-electron chi connectivity index (χ1n) is 4.69. The second-order valence-electron chi connectivity index (χ2n) is 2.95. The summed E-state index contributed by atoms with van der Waals surface area (Å²) >= 11 is 4.23. The third-order valence-corrected chi connectivity index (χ3v) is 2.06. The first kappa shape index (κ1) is 11.3. The maximum Gasteiger partial charge on any atom is 0.00747 e. The van der Waals surface area contributed by atoms with E-state index in [2.05, 4.69) is 31.8 Å². The summed E-state index contributed by atoms with van der Waals surface area (Å²) in [7, 11) is 0. The average Bonchev–Trinajstić information content (AvgIpc) is 2.01. The largest absolute Gasteiger partial charge is 0.314 e. The van der Waals surface area contributed by atoms with Crippen molar-refractivity contribution in [3.8, 4) is 0 Å². The summed E-state index contributed by atoms with van der Waals surface area (Å²) < 4.78 is 0. The van der Waals surface area contributed by atoms with Gasteiger partial charge in [0.15, 0.2) is 0 Å². The molecule has 2 heteroatoms. The highest BCUT2D eigenvalue weighted by Crippen LogP contribution is 2.02. The monoisotopic (exact) mass is 175 g/mol. The van der Waals surface area contributed by atoms with Crippen molar-refractivity contribution >= 4 is 12.6 Å². The molecule has 0 amide bonds. The molecule has 0 aliphatic rings. The molecule has 0 aromatic heterocycles. The number of hydrogen-bond donors (Lipinski definition) is 2. The van der Waals surface area contributed by atoms with Crippen LogP contribution < -0.4 is 5.32 Å². The Kier molecular flexibility index (Phi) is 8.64. The zero-order valence-electron chi connectivity index (χ0n) is 7.77. The van der Waals surface area contributed by atoms with Gasteiger partial charge in [-0.25, -0.2) is 0 Å². The van der Waals surface area contributed by atoms with Crippen molar-refractivity contribution in [1.82, 2.24) is 5.32 Å². The molecule has 0 spiro atoms. The number of nitrogens with one attached hydrogen (secondary N) is 1. The minimum atomic E-state index is 0.706. The van der Waals surface area contributed by atoms with Gasteiger partial charge in [-0.3, -0.25) is 0 Å². The second-order valence-corrected chi connectivity index (χ2v) is 3.40. The molecule has 0 fully saturated rings.